The Morgan fingerprint density at radius 3 is 2.81 bits per heavy atom. The monoisotopic (exact) mass is 226 g/mol. The minimum atomic E-state index is -0.395. The molecule has 7 nitrogen and oxygen atoms in total. The number of hydrogen-bond acceptors (Lipinski definition) is 4. The highest BCUT2D eigenvalue weighted by Gasteiger charge is 2.07. The first-order chi connectivity index (χ1) is 7.52. The predicted octanol–water partition coefficient (Wildman–Crippen LogP) is 0.150. The number of urea groups is 1. The van der Waals surface area contributed by atoms with Crippen molar-refractivity contribution in [3.8, 4) is 0 Å². The average molecular weight is 226 g/mol. The Kier molecular flexibility index (Phi) is 3.87. The van der Waals surface area contributed by atoms with Gasteiger partial charge in [0.15, 0.2) is 0 Å². The number of ether oxygens (including phenoxy) is 1. The first-order valence-corrected chi connectivity index (χ1v) is 4.60. The van der Waals surface area contributed by atoms with Gasteiger partial charge in [-0.3, -0.25) is 9.48 Å². The van der Waals surface area contributed by atoms with Gasteiger partial charge in [-0.05, 0) is 0 Å². The summed E-state index contributed by atoms with van der Waals surface area (Å²) in [6.45, 7) is 0.0222. The van der Waals surface area contributed by atoms with E-state index in [9.17, 15) is 9.59 Å². The largest absolute Gasteiger partial charge is 0.468 e. The number of methoxy groups -OCH3 is 1. The smallest absolute Gasteiger partial charge is 0.327 e. The fourth-order valence-electron chi connectivity index (χ4n) is 0.947. The summed E-state index contributed by atoms with van der Waals surface area (Å²) < 4.78 is 5.87. The van der Waals surface area contributed by atoms with E-state index < -0.39 is 5.97 Å². The lowest BCUT2D eigenvalue weighted by Gasteiger charge is -2.09. The van der Waals surface area contributed by atoms with E-state index in [-0.39, 0.29) is 12.6 Å². The minimum Gasteiger partial charge on any atom is -0.468 e. The summed E-state index contributed by atoms with van der Waals surface area (Å²) in [5, 5.41) is 6.50. The topological polar surface area (TPSA) is 76.5 Å². The van der Waals surface area contributed by atoms with Crippen LogP contribution in [0.25, 0.3) is 0 Å². The van der Waals surface area contributed by atoms with E-state index in [2.05, 4.69) is 15.2 Å². The van der Waals surface area contributed by atoms with Gasteiger partial charge >= 0.3 is 12.0 Å². The highest BCUT2D eigenvalue weighted by Crippen LogP contribution is 2.05. The number of carbonyl (C=O) groups excluding carboxylic acids is 2. The van der Waals surface area contributed by atoms with Gasteiger partial charge in [-0.2, -0.15) is 5.10 Å². The molecule has 88 valence electrons. The number of carbonyl (C=O) groups is 2. The van der Waals surface area contributed by atoms with Crippen molar-refractivity contribution in [2.24, 2.45) is 0 Å². The van der Waals surface area contributed by atoms with E-state index in [0.29, 0.717) is 5.69 Å². The molecule has 1 heterocycles. The van der Waals surface area contributed by atoms with Crippen LogP contribution in [0.4, 0.5) is 10.5 Å². The van der Waals surface area contributed by atoms with Crippen LogP contribution in [0.1, 0.15) is 0 Å². The molecule has 0 bridgehead atoms. The molecule has 1 aromatic heterocycles. The third kappa shape index (κ3) is 3.26. The molecule has 7 heteroatoms. The van der Waals surface area contributed by atoms with Crippen LogP contribution < -0.4 is 5.32 Å². The molecule has 0 saturated heterocycles. The normalized spacial score (nSPS) is 9.69. The van der Waals surface area contributed by atoms with E-state index in [1.54, 1.807) is 20.3 Å². The first kappa shape index (κ1) is 12.0. The summed E-state index contributed by atoms with van der Waals surface area (Å²) in [4.78, 5) is 23.6. The van der Waals surface area contributed by atoms with Gasteiger partial charge in [-0.15, -0.1) is 0 Å². The zero-order chi connectivity index (χ0) is 12.1. The fraction of sp³-hybridized carbons (Fsp3) is 0.444. The SMILES string of the molecule is COC(=O)Cn1cc(NC(=O)N(C)C)cn1. The lowest BCUT2D eigenvalue weighted by Crippen LogP contribution is -2.27. The maximum Gasteiger partial charge on any atom is 0.327 e. The van der Waals surface area contributed by atoms with E-state index in [0.717, 1.165) is 0 Å². The second-order valence-electron chi connectivity index (χ2n) is 3.33. The molecule has 0 aliphatic rings. The second kappa shape index (κ2) is 5.15. The number of nitrogens with one attached hydrogen (secondary N) is 1. The molecule has 0 aliphatic heterocycles. The van der Waals surface area contributed by atoms with Crippen molar-refractivity contribution in [3.05, 3.63) is 12.4 Å². The summed E-state index contributed by atoms with van der Waals surface area (Å²) in [7, 11) is 4.57. The zero-order valence-electron chi connectivity index (χ0n) is 9.43. The highest BCUT2D eigenvalue weighted by molar-refractivity contribution is 5.88. The van der Waals surface area contributed by atoms with E-state index in [1.807, 2.05) is 0 Å². The van der Waals surface area contributed by atoms with Crippen LogP contribution in [0, 0.1) is 0 Å². The molecule has 0 unspecified atom stereocenters. The van der Waals surface area contributed by atoms with E-state index in [1.165, 1.54) is 22.9 Å². The van der Waals surface area contributed by atoms with Crippen LogP contribution >= 0.6 is 0 Å². The standard InChI is InChI=1S/C9H14N4O3/c1-12(2)9(15)11-7-4-10-13(5-7)6-8(14)16-3/h4-5H,6H2,1-3H3,(H,11,15). The Hall–Kier alpha value is -2.05. The van der Waals surface area contributed by atoms with Crippen LogP contribution in [-0.4, -0.2) is 47.9 Å². The van der Waals surface area contributed by atoms with Crippen LogP contribution in [0.15, 0.2) is 12.4 Å². The van der Waals surface area contributed by atoms with Gasteiger partial charge in [0.1, 0.15) is 6.54 Å². The summed E-state index contributed by atoms with van der Waals surface area (Å²) in [5.74, 6) is -0.395. The predicted molar refractivity (Wildman–Crippen MR) is 56.9 cm³/mol. The minimum absolute atomic E-state index is 0.0222. The number of rotatable bonds is 3. The Bertz CT molecular complexity index is 386. The van der Waals surface area contributed by atoms with Crippen LogP contribution in [0.3, 0.4) is 0 Å². The van der Waals surface area contributed by atoms with Crippen molar-refractivity contribution in [1.29, 1.82) is 0 Å². The molecular weight excluding hydrogens is 212 g/mol. The number of nitrogens with zero attached hydrogens (tertiary/aromatic N) is 3. The number of amides is 2. The van der Waals surface area contributed by atoms with E-state index >= 15 is 0 Å². The molecule has 1 N–H and O–H groups in total. The van der Waals surface area contributed by atoms with Crippen LogP contribution in [0.2, 0.25) is 0 Å². The van der Waals surface area contributed by atoms with Gasteiger partial charge in [0.25, 0.3) is 0 Å². The number of anilines is 1. The number of aromatic nitrogens is 2. The quantitative estimate of drug-likeness (QED) is 0.744. The summed E-state index contributed by atoms with van der Waals surface area (Å²) in [5.41, 5.74) is 0.530. The Morgan fingerprint density at radius 2 is 2.25 bits per heavy atom. The molecule has 16 heavy (non-hydrogen) atoms. The van der Waals surface area contributed by atoms with Crippen molar-refractivity contribution in [1.82, 2.24) is 14.7 Å². The van der Waals surface area contributed by atoms with Crippen LogP contribution in [-0.2, 0) is 16.1 Å². The van der Waals surface area contributed by atoms with Crippen molar-refractivity contribution in [3.63, 3.8) is 0 Å². The molecule has 0 aromatic carbocycles. The van der Waals surface area contributed by atoms with Crippen molar-refractivity contribution in [2.45, 2.75) is 6.54 Å². The maximum absolute atomic E-state index is 11.3. The Labute approximate surface area is 93.0 Å². The lowest BCUT2D eigenvalue weighted by molar-refractivity contribution is -0.141. The molecule has 0 aliphatic carbocycles. The molecule has 2 amide bonds. The lowest BCUT2D eigenvalue weighted by atomic mass is 10.5. The van der Waals surface area contributed by atoms with Gasteiger partial charge in [-0.25, -0.2) is 4.79 Å². The fourth-order valence-corrected chi connectivity index (χ4v) is 0.947. The number of hydrogen-bond donors (Lipinski definition) is 1. The number of esters is 1. The highest BCUT2D eigenvalue weighted by atomic mass is 16.5. The molecule has 1 aromatic rings. The van der Waals surface area contributed by atoms with E-state index in [4.69, 9.17) is 0 Å². The summed E-state index contributed by atoms with van der Waals surface area (Å²) in [6.07, 6.45) is 3.02. The third-order valence-corrected chi connectivity index (χ3v) is 1.81. The Morgan fingerprint density at radius 1 is 1.56 bits per heavy atom. The molecule has 0 saturated carbocycles. The van der Waals surface area contributed by atoms with Gasteiger partial charge < -0.3 is 15.0 Å². The summed E-state index contributed by atoms with van der Waals surface area (Å²) >= 11 is 0. The average Bonchev–Trinajstić information content (AvgIpc) is 2.65. The molecule has 1 rings (SSSR count). The van der Waals surface area contributed by atoms with Gasteiger partial charge in [0.05, 0.1) is 19.0 Å². The molecule has 0 radical (unpaired) electrons. The molecule has 0 fully saturated rings. The summed E-state index contributed by atoms with van der Waals surface area (Å²) in [6, 6.07) is -0.252. The van der Waals surface area contributed by atoms with Crippen molar-refractivity contribution < 1.29 is 14.3 Å². The van der Waals surface area contributed by atoms with Gasteiger partial charge in [0, 0.05) is 20.3 Å². The molecular formula is C9H14N4O3. The molecule has 0 spiro atoms. The van der Waals surface area contributed by atoms with Crippen molar-refractivity contribution in [2.75, 3.05) is 26.5 Å². The third-order valence-electron chi connectivity index (χ3n) is 1.81. The first-order valence-electron chi connectivity index (χ1n) is 4.60. The zero-order valence-corrected chi connectivity index (χ0v) is 9.43. The molecule has 0 atom stereocenters. The maximum atomic E-state index is 11.3. The Balaban J connectivity index is 2.58. The second-order valence-corrected chi connectivity index (χ2v) is 3.33. The van der Waals surface area contributed by atoms with Crippen LogP contribution in [0.5, 0.6) is 0 Å². The van der Waals surface area contributed by atoms with Gasteiger partial charge in [0.2, 0.25) is 0 Å². The van der Waals surface area contributed by atoms with Crippen molar-refractivity contribution >= 4 is 17.7 Å². The van der Waals surface area contributed by atoms with Gasteiger partial charge in [-0.1, -0.05) is 0 Å².